The fraction of sp³-hybridized carbons (Fsp3) is 0.235. The standard InChI is InChI=1S/C17H20N2O3S/c1-3-15(13-9-5-4-6-10-13)18-17(20)14-11-7-8-12-16(14)19-23(2,21)22/h4-12,15,19H,3H2,1-2H3,(H,18,20)/t15-/m1/s1. The molecule has 6 heteroatoms. The van der Waals surface area contributed by atoms with Crippen LogP contribution in [-0.4, -0.2) is 20.6 Å². The molecule has 1 atom stereocenters. The van der Waals surface area contributed by atoms with Crippen LogP contribution in [0, 0.1) is 0 Å². The van der Waals surface area contributed by atoms with Gasteiger partial charge >= 0.3 is 0 Å². The summed E-state index contributed by atoms with van der Waals surface area (Å²) in [4.78, 5) is 12.5. The van der Waals surface area contributed by atoms with Gasteiger partial charge in [0.2, 0.25) is 10.0 Å². The molecule has 0 fully saturated rings. The number of carbonyl (C=O) groups is 1. The first kappa shape index (κ1) is 17.0. The van der Waals surface area contributed by atoms with Gasteiger partial charge in [-0.2, -0.15) is 0 Å². The van der Waals surface area contributed by atoms with E-state index >= 15 is 0 Å². The highest BCUT2D eigenvalue weighted by Gasteiger charge is 2.17. The number of rotatable bonds is 6. The Morgan fingerprint density at radius 1 is 1.04 bits per heavy atom. The molecule has 5 nitrogen and oxygen atoms in total. The third kappa shape index (κ3) is 4.82. The van der Waals surface area contributed by atoms with Crippen LogP contribution in [0.25, 0.3) is 0 Å². The van der Waals surface area contributed by atoms with E-state index in [9.17, 15) is 13.2 Å². The summed E-state index contributed by atoms with van der Waals surface area (Å²) in [5.41, 5.74) is 1.58. The zero-order valence-corrected chi connectivity index (χ0v) is 13.9. The summed E-state index contributed by atoms with van der Waals surface area (Å²) in [6, 6.07) is 16.1. The van der Waals surface area contributed by atoms with E-state index in [-0.39, 0.29) is 17.6 Å². The van der Waals surface area contributed by atoms with E-state index in [0.717, 1.165) is 18.2 Å². The van der Waals surface area contributed by atoms with Crippen LogP contribution < -0.4 is 10.0 Å². The van der Waals surface area contributed by atoms with Crippen molar-refractivity contribution in [2.24, 2.45) is 0 Å². The van der Waals surface area contributed by atoms with E-state index in [1.54, 1.807) is 24.3 Å². The van der Waals surface area contributed by atoms with E-state index in [2.05, 4.69) is 10.0 Å². The largest absolute Gasteiger partial charge is 0.345 e. The Bertz CT molecular complexity index is 773. The summed E-state index contributed by atoms with van der Waals surface area (Å²) in [5.74, 6) is -0.313. The van der Waals surface area contributed by atoms with Crippen LogP contribution in [0.5, 0.6) is 0 Å². The molecule has 0 saturated carbocycles. The van der Waals surface area contributed by atoms with Crippen LogP contribution in [0.4, 0.5) is 5.69 Å². The minimum absolute atomic E-state index is 0.130. The number of para-hydroxylation sites is 1. The fourth-order valence-electron chi connectivity index (χ4n) is 2.31. The van der Waals surface area contributed by atoms with Crippen LogP contribution >= 0.6 is 0 Å². The molecule has 0 heterocycles. The minimum atomic E-state index is -3.45. The monoisotopic (exact) mass is 332 g/mol. The maximum absolute atomic E-state index is 12.5. The lowest BCUT2D eigenvalue weighted by Crippen LogP contribution is -2.29. The third-order valence-corrected chi connectivity index (χ3v) is 3.97. The number of anilines is 1. The van der Waals surface area contributed by atoms with Gasteiger partial charge in [0.1, 0.15) is 0 Å². The normalized spacial score (nSPS) is 12.4. The molecule has 0 unspecified atom stereocenters. The van der Waals surface area contributed by atoms with Gasteiger partial charge < -0.3 is 5.32 Å². The molecule has 0 bridgehead atoms. The molecule has 0 aromatic heterocycles. The molecule has 2 N–H and O–H groups in total. The van der Waals surface area contributed by atoms with Crippen LogP contribution in [0.3, 0.4) is 0 Å². The molecule has 122 valence electrons. The lowest BCUT2D eigenvalue weighted by Gasteiger charge is -2.18. The summed E-state index contributed by atoms with van der Waals surface area (Å²) in [7, 11) is -3.45. The second kappa shape index (κ2) is 7.28. The predicted molar refractivity (Wildman–Crippen MR) is 91.8 cm³/mol. The Balaban J connectivity index is 2.24. The van der Waals surface area contributed by atoms with Crippen molar-refractivity contribution in [3.05, 3.63) is 65.7 Å². The van der Waals surface area contributed by atoms with Crippen molar-refractivity contribution in [1.82, 2.24) is 5.32 Å². The highest BCUT2D eigenvalue weighted by Crippen LogP contribution is 2.20. The highest BCUT2D eigenvalue weighted by atomic mass is 32.2. The van der Waals surface area contributed by atoms with Gasteiger partial charge in [0.05, 0.1) is 23.5 Å². The molecule has 2 aromatic rings. The summed E-state index contributed by atoms with van der Waals surface area (Å²) in [6.07, 6.45) is 1.79. The van der Waals surface area contributed by atoms with E-state index in [0.29, 0.717) is 5.56 Å². The number of nitrogens with one attached hydrogen (secondary N) is 2. The highest BCUT2D eigenvalue weighted by molar-refractivity contribution is 7.92. The van der Waals surface area contributed by atoms with Crippen molar-refractivity contribution in [3.63, 3.8) is 0 Å². The predicted octanol–water partition coefficient (Wildman–Crippen LogP) is 2.94. The van der Waals surface area contributed by atoms with Crippen molar-refractivity contribution in [2.75, 3.05) is 11.0 Å². The molecule has 2 aromatic carbocycles. The average molecular weight is 332 g/mol. The Morgan fingerprint density at radius 2 is 1.65 bits per heavy atom. The Morgan fingerprint density at radius 3 is 2.26 bits per heavy atom. The van der Waals surface area contributed by atoms with Crippen LogP contribution in [0.2, 0.25) is 0 Å². The molecule has 23 heavy (non-hydrogen) atoms. The Hall–Kier alpha value is -2.34. The maximum Gasteiger partial charge on any atom is 0.253 e. The second-order valence-corrected chi connectivity index (χ2v) is 7.01. The first-order valence-corrected chi connectivity index (χ1v) is 9.22. The molecule has 0 spiro atoms. The van der Waals surface area contributed by atoms with Gasteiger partial charge in [-0.3, -0.25) is 9.52 Å². The van der Waals surface area contributed by atoms with Crippen LogP contribution in [0.1, 0.15) is 35.3 Å². The maximum atomic E-state index is 12.5. The summed E-state index contributed by atoms with van der Waals surface area (Å²) in [5, 5.41) is 2.95. The zero-order chi connectivity index (χ0) is 16.9. The molecular formula is C17H20N2O3S. The molecule has 2 rings (SSSR count). The van der Waals surface area contributed by atoms with Crippen molar-refractivity contribution in [1.29, 1.82) is 0 Å². The van der Waals surface area contributed by atoms with Gasteiger partial charge in [0.25, 0.3) is 5.91 Å². The Labute approximate surface area is 136 Å². The molecule has 0 aliphatic heterocycles. The van der Waals surface area contributed by atoms with Gasteiger partial charge in [-0.1, -0.05) is 49.4 Å². The quantitative estimate of drug-likeness (QED) is 0.854. The average Bonchev–Trinajstić information content (AvgIpc) is 2.52. The van der Waals surface area contributed by atoms with Gasteiger partial charge in [-0.15, -0.1) is 0 Å². The van der Waals surface area contributed by atoms with Crippen molar-refractivity contribution in [2.45, 2.75) is 19.4 Å². The molecule has 0 radical (unpaired) electrons. The van der Waals surface area contributed by atoms with Gasteiger partial charge in [0, 0.05) is 0 Å². The van der Waals surface area contributed by atoms with Gasteiger partial charge in [-0.05, 0) is 24.1 Å². The molecule has 0 aliphatic rings. The van der Waals surface area contributed by atoms with Crippen molar-refractivity contribution >= 4 is 21.6 Å². The van der Waals surface area contributed by atoms with E-state index < -0.39 is 10.0 Å². The second-order valence-electron chi connectivity index (χ2n) is 5.26. The first-order chi connectivity index (χ1) is 10.9. The molecule has 0 saturated heterocycles. The van der Waals surface area contributed by atoms with E-state index in [1.807, 2.05) is 37.3 Å². The third-order valence-electron chi connectivity index (χ3n) is 3.38. The lowest BCUT2D eigenvalue weighted by atomic mass is 10.0. The topological polar surface area (TPSA) is 75.3 Å². The SMILES string of the molecule is CC[C@@H](NC(=O)c1ccccc1NS(C)(=O)=O)c1ccccc1. The number of carbonyl (C=O) groups excluding carboxylic acids is 1. The number of hydrogen-bond acceptors (Lipinski definition) is 3. The van der Waals surface area contributed by atoms with Crippen LogP contribution in [0.15, 0.2) is 54.6 Å². The zero-order valence-electron chi connectivity index (χ0n) is 13.1. The van der Waals surface area contributed by atoms with Gasteiger partial charge in [-0.25, -0.2) is 8.42 Å². The van der Waals surface area contributed by atoms with E-state index in [4.69, 9.17) is 0 Å². The number of benzene rings is 2. The Kier molecular flexibility index (Phi) is 5.39. The van der Waals surface area contributed by atoms with Gasteiger partial charge in [0.15, 0.2) is 0 Å². The lowest BCUT2D eigenvalue weighted by molar-refractivity contribution is 0.0936. The summed E-state index contributed by atoms with van der Waals surface area (Å²) in [6.45, 7) is 1.98. The smallest absolute Gasteiger partial charge is 0.253 e. The molecular weight excluding hydrogens is 312 g/mol. The first-order valence-electron chi connectivity index (χ1n) is 7.33. The number of sulfonamides is 1. The molecule has 1 amide bonds. The fourth-order valence-corrected chi connectivity index (χ4v) is 2.89. The molecule has 0 aliphatic carbocycles. The number of hydrogen-bond donors (Lipinski definition) is 2. The number of amides is 1. The van der Waals surface area contributed by atoms with E-state index in [1.165, 1.54) is 0 Å². The van der Waals surface area contributed by atoms with Crippen LogP contribution in [-0.2, 0) is 10.0 Å². The van der Waals surface area contributed by atoms with Crippen molar-refractivity contribution in [3.8, 4) is 0 Å². The summed E-state index contributed by atoms with van der Waals surface area (Å²) >= 11 is 0. The summed E-state index contributed by atoms with van der Waals surface area (Å²) < 4.78 is 25.2. The minimum Gasteiger partial charge on any atom is -0.345 e. The van der Waals surface area contributed by atoms with Crippen molar-refractivity contribution < 1.29 is 13.2 Å².